The summed E-state index contributed by atoms with van der Waals surface area (Å²) in [5, 5.41) is 32.1. The number of carboxylic acid groups (broad SMARTS) is 2. The number of carbonyl (C=O) groups excluding carboxylic acids is 4. The maximum absolute atomic E-state index is 14.0. The van der Waals surface area contributed by atoms with Crippen molar-refractivity contribution in [3.8, 4) is 11.5 Å². The predicted molar refractivity (Wildman–Crippen MR) is 203 cm³/mol. The highest BCUT2D eigenvalue weighted by Crippen LogP contribution is 2.26. The second-order valence-electron chi connectivity index (χ2n) is 12.6. The van der Waals surface area contributed by atoms with Gasteiger partial charge in [-0.3, -0.25) is 28.8 Å². The minimum Gasteiger partial charge on any atom is -0.497 e. The first-order valence-corrected chi connectivity index (χ1v) is 17.3. The van der Waals surface area contributed by atoms with E-state index in [-0.39, 0.29) is 24.2 Å². The average Bonchev–Trinajstić information content (AvgIpc) is 3.58. The molecule has 7 N–H and O–H groups in total. The van der Waals surface area contributed by atoms with Crippen LogP contribution in [-0.4, -0.2) is 83.1 Å². The van der Waals surface area contributed by atoms with Crippen LogP contribution in [0.15, 0.2) is 84.9 Å². The van der Waals surface area contributed by atoms with Gasteiger partial charge in [-0.05, 0) is 47.0 Å². The minimum absolute atomic E-state index is 0.0521. The van der Waals surface area contributed by atoms with Crippen LogP contribution in [0, 0.1) is 0 Å². The van der Waals surface area contributed by atoms with Gasteiger partial charge in [-0.15, -0.1) is 0 Å². The van der Waals surface area contributed by atoms with Gasteiger partial charge in [-0.25, -0.2) is 0 Å². The summed E-state index contributed by atoms with van der Waals surface area (Å²) in [5.41, 5.74) is 1.60. The number of methoxy groups -OCH3 is 2. The Kier molecular flexibility index (Phi) is 12.9. The van der Waals surface area contributed by atoms with E-state index in [1.807, 2.05) is 36.4 Å². The van der Waals surface area contributed by atoms with Crippen LogP contribution in [0.2, 0.25) is 5.02 Å². The Balaban J connectivity index is 1.39. The zero-order valence-corrected chi connectivity index (χ0v) is 30.4. The molecule has 55 heavy (non-hydrogen) atoms. The number of H-pyrrole nitrogens is 1. The molecule has 5 rings (SSSR count). The van der Waals surface area contributed by atoms with Crippen LogP contribution in [-0.2, 0) is 30.4 Å². The molecule has 3 atom stereocenters. The number of aliphatic carboxylic acids is 2. The lowest BCUT2D eigenvalue weighted by molar-refractivity contribution is -0.141. The molecule has 0 unspecified atom stereocenters. The number of carboxylic acids is 2. The van der Waals surface area contributed by atoms with Crippen molar-refractivity contribution in [3.05, 3.63) is 101 Å². The number of halogens is 1. The van der Waals surface area contributed by atoms with Gasteiger partial charge in [0.25, 0.3) is 5.91 Å². The van der Waals surface area contributed by atoms with Crippen LogP contribution in [0.3, 0.4) is 0 Å². The number of anilines is 1. The third kappa shape index (κ3) is 10.7. The molecule has 5 aromatic rings. The highest BCUT2D eigenvalue weighted by Gasteiger charge is 2.32. The van der Waals surface area contributed by atoms with Crippen molar-refractivity contribution in [1.29, 1.82) is 0 Å². The Morgan fingerprint density at radius 3 is 2.04 bits per heavy atom. The molecule has 0 aliphatic heterocycles. The number of amides is 4. The lowest BCUT2D eigenvalue weighted by Gasteiger charge is -2.25. The first kappa shape index (κ1) is 39.6. The van der Waals surface area contributed by atoms with E-state index in [1.54, 1.807) is 36.4 Å². The average molecular weight is 772 g/mol. The molecule has 0 bridgehead atoms. The van der Waals surface area contributed by atoms with E-state index in [1.165, 1.54) is 26.4 Å². The highest BCUT2D eigenvalue weighted by atomic mass is 35.5. The standard InChI is InChI=1S/C39H38ClN5O10/c1-54-27-17-26(18-28(19-27)55-2)41-36(50)30(11-12-34(46)47)43-39(53)33(20-35(48)49)45-37(51)31(14-21-7-8-22-5-3-4-6-23(22)13-21)44-38(52)32-16-24-15-25(40)9-10-29(24)42-32/h3-10,13,15-19,30-31,33,42H,11-12,14,20H2,1-2H3,(H,41,50)(H,43,53)(H,44,52)(H,45,51)(H,46,47)(H,48,49)/t30-,31-,33-/m0/s1. The summed E-state index contributed by atoms with van der Waals surface area (Å²) in [4.78, 5) is 81.0. The molecule has 1 heterocycles. The second-order valence-corrected chi connectivity index (χ2v) is 13.0. The predicted octanol–water partition coefficient (Wildman–Crippen LogP) is 4.28. The zero-order chi connectivity index (χ0) is 39.6. The van der Waals surface area contributed by atoms with Gasteiger partial charge < -0.3 is 45.9 Å². The fourth-order valence-corrected chi connectivity index (χ4v) is 6.03. The third-order valence-corrected chi connectivity index (χ3v) is 8.85. The Morgan fingerprint density at radius 2 is 1.36 bits per heavy atom. The molecule has 4 aromatic carbocycles. The summed E-state index contributed by atoms with van der Waals surface area (Å²) in [7, 11) is 2.81. The van der Waals surface area contributed by atoms with E-state index in [0.29, 0.717) is 33.0 Å². The summed E-state index contributed by atoms with van der Waals surface area (Å²) in [6, 6.07) is 19.6. The molecule has 1 aromatic heterocycles. The fraction of sp³-hybridized carbons (Fsp3) is 0.231. The molecule has 0 aliphatic rings. The summed E-state index contributed by atoms with van der Waals surface area (Å²) >= 11 is 6.11. The van der Waals surface area contributed by atoms with Crippen molar-refractivity contribution in [2.45, 2.75) is 43.8 Å². The fourth-order valence-electron chi connectivity index (χ4n) is 5.85. The third-order valence-electron chi connectivity index (χ3n) is 8.61. The number of rotatable bonds is 17. The van der Waals surface area contributed by atoms with Crippen molar-refractivity contribution >= 4 is 74.5 Å². The van der Waals surface area contributed by atoms with Crippen LogP contribution in [0.25, 0.3) is 21.7 Å². The largest absolute Gasteiger partial charge is 0.497 e. The summed E-state index contributed by atoms with van der Waals surface area (Å²) in [5.74, 6) is -5.49. The number of benzene rings is 4. The van der Waals surface area contributed by atoms with Crippen molar-refractivity contribution in [2.75, 3.05) is 19.5 Å². The number of hydrogen-bond acceptors (Lipinski definition) is 8. The summed E-state index contributed by atoms with van der Waals surface area (Å²) < 4.78 is 10.4. The van der Waals surface area contributed by atoms with Crippen LogP contribution in [0.4, 0.5) is 5.69 Å². The van der Waals surface area contributed by atoms with Crippen LogP contribution in [0.1, 0.15) is 35.3 Å². The van der Waals surface area contributed by atoms with E-state index in [0.717, 1.165) is 10.8 Å². The molecule has 0 saturated carbocycles. The van der Waals surface area contributed by atoms with Crippen molar-refractivity contribution < 1.29 is 48.5 Å². The molecular formula is C39H38ClN5O10. The molecule has 0 saturated heterocycles. The van der Waals surface area contributed by atoms with Crippen molar-refractivity contribution in [2.24, 2.45) is 0 Å². The van der Waals surface area contributed by atoms with Crippen LogP contribution >= 0.6 is 11.6 Å². The van der Waals surface area contributed by atoms with E-state index in [2.05, 4.69) is 26.3 Å². The van der Waals surface area contributed by atoms with Gasteiger partial charge in [0.05, 0.1) is 20.6 Å². The number of fused-ring (bicyclic) bond motifs is 2. The SMILES string of the molecule is COc1cc(NC(=O)[C@H](CCC(=O)O)NC(=O)[C@H](CC(=O)O)NC(=O)[C@H](Cc2ccc3ccccc3c2)NC(=O)c2cc3cc(Cl)ccc3[nH]2)cc(OC)c1. The second kappa shape index (κ2) is 17.9. The van der Waals surface area contributed by atoms with Crippen molar-refractivity contribution in [1.82, 2.24) is 20.9 Å². The molecule has 0 spiro atoms. The van der Waals surface area contributed by atoms with Gasteiger partial charge in [0, 0.05) is 52.7 Å². The number of aromatic nitrogens is 1. The summed E-state index contributed by atoms with van der Waals surface area (Å²) in [6.45, 7) is 0. The molecule has 286 valence electrons. The molecule has 4 amide bonds. The molecule has 0 aliphatic carbocycles. The van der Waals surface area contributed by atoms with E-state index < -0.39 is 66.5 Å². The van der Waals surface area contributed by atoms with E-state index >= 15 is 0 Å². The Hall–Kier alpha value is -6.61. The molecule has 0 radical (unpaired) electrons. The van der Waals surface area contributed by atoms with Gasteiger partial charge in [0.1, 0.15) is 35.3 Å². The lowest BCUT2D eigenvalue weighted by Crippen LogP contribution is -2.57. The van der Waals surface area contributed by atoms with Crippen LogP contribution in [0.5, 0.6) is 11.5 Å². The monoisotopic (exact) mass is 771 g/mol. The number of hydrogen-bond donors (Lipinski definition) is 7. The Bertz CT molecular complexity index is 2230. The van der Waals surface area contributed by atoms with Gasteiger partial charge in [0.2, 0.25) is 17.7 Å². The number of nitrogens with one attached hydrogen (secondary N) is 5. The van der Waals surface area contributed by atoms with E-state index in [4.69, 9.17) is 21.1 Å². The Morgan fingerprint density at radius 1 is 0.691 bits per heavy atom. The smallest absolute Gasteiger partial charge is 0.305 e. The molecular weight excluding hydrogens is 734 g/mol. The first-order valence-electron chi connectivity index (χ1n) is 17.0. The maximum Gasteiger partial charge on any atom is 0.305 e. The van der Waals surface area contributed by atoms with Crippen LogP contribution < -0.4 is 30.7 Å². The zero-order valence-electron chi connectivity index (χ0n) is 29.7. The highest BCUT2D eigenvalue weighted by molar-refractivity contribution is 6.31. The number of carbonyl (C=O) groups is 6. The lowest BCUT2D eigenvalue weighted by atomic mass is 10.0. The normalized spacial score (nSPS) is 12.6. The molecule has 15 nitrogen and oxygen atoms in total. The van der Waals surface area contributed by atoms with Gasteiger partial charge in [-0.1, -0.05) is 54.1 Å². The van der Waals surface area contributed by atoms with E-state index in [9.17, 15) is 39.0 Å². The quantitative estimate of drug-likeness (QED) is 0.0710. The van der Waals surface area contributed by atoms with Gasteiger partial charge in [0.15, 0.2) is 0 Å². The molecule has 16 heteroatoms. The minimum atomic E-state index is -1.74. The first-order chi connectivity index (χ1) is 26.3. The number of aromatic amines is 1. The maximum atomic E-state index is 14.0. The van der Waals surface area contributed by atoms with Gasteiger partial charge in [-0.2, -0.15) is 0 Å². The summed E-state index contributed by atoms with van der Waals surface area (Å²) in [6.07, 6.45) is -1.87. The number of ether oxygens (including phenoxy) is 2. The van der Waals surface area contributed by atoms with Crippen molar-refractivity contribution in [3.63, 3.8) is 0 Å². The Labute approximate surface area is 319 Å². The topological polar surface area (TPSA) is 225 Å². The van der Waals surface area contributed by atoms with Gasteiger partial charge >= 0.3 is 11.9 Å². The molecule has 0 fully saturated rings.